The summed E-state index contributed by atoms with van der Waals surface area (Å²) in [7, 11) is 0. The Hall–Kier alpha value is -1.56. The zero-order chi connectivity index (χ0) is 13.0. The van der Waals surface area contributed by atoms with Crippen molar-refractivity contribution >= 4 is 5.97 Å². The molecule has 0 aliphatic carbocycles. The first-order valence-electron chi connectivity index (χ1n) is 4.97. The van der Waals surface area contributed by atoms with E-state index in [1.165, 1.54) is 12.1 Å². The molecular weight excluding hydrogens is 235 g/mol. The third-order valence-electron chi connectivity index (χ3n) is 2.37. The second-order valence-corrected chi connectivity index (χ2v) is 3.58. The molecule has 1 aromatic rings. The minimum Gasteiger partial charge on any atom is -0.481 e. The van der Waals surface area contributed by atoms with E-state index in [0.717, 1.165) is 6.07 Å². The molecule has 1 atom stereocenters. The van der Waals surface area contributed by atoms with E-state index in [-0.39, 0.29) is 18.4 Å². The van der Waals surface area contributed by atoms with E-state index in [9.17, 15) is 18.0 Å². The van der Waals surface area contributed by atoms with Gasteiger partial charge in [0.1, 0.15) is 5.82 Å². The number of hydrogen-bond donors (Lipinski definition) is 2. The minimum atomic E-state index is -2.97. The van der Waals surface area contributed by atoms with Crippen molar-refractivity contribution in [2.45, 2.75) is 25.3 Å². The Kier molecular flexibility index (Phi) is 4.51. The van der Waals surface area contributed by atoms with E-state index in [4.69, 9.17) is 10.8 Å². The summed E-state index contributed by atoms with van der Waals surface area (Å²) in [6, 6.07) is 2.58. The predicted molar refractivity (Wildman–Crippen MR) is 55.2 cm³/mol. The van der Waals surface area contributed by atoms with Gasteiger partial charge in [0.15, 0.2) is 0 Å². The largest absolute Gasteiger partial charge is 0.481 e. The molecule has 0 saturated heterocycles. The number of alkyl halides is 2. The fourth-order valence-corrected chi connectivity index (χ4v) is 1.54. The molecule has 6 heteroatoms. The molecule has 0 saturated carbocycles. The van der Waals surface area contributed by atoms with Crippen LogP contribution in [0.5, 0.6) is 0 Å². The molecule has 3 nitrogen and oxygen atoms in total. The first kappa shape index (κ1) is 13.5. The summed E-state index contributed by atoms with van der Waals surface area (Å²) in [5.74, 6) is -2.10. The van der Waals surface area contributed by atoms with Gasteiger partial charge in [0, 0.05) is 12.5 Å². The average molecular weight is 247 g/mol. The van der Waals surface area contributed by atoms with Gasteiger partial charge in [-0.2, -0.15) is 0 Å². The predicted octanol–water partition coefficient (Wildman–Crippen LogP) is 2.63. The van der Waals surface area contributed by atoms with Gasteiger partial charge in [-0.15, -0.1) is 0 Å². The van der Waals surface area contributed by atoms with Crippen LogP contribution in [0.25, 0.3) is 0 Å². The van der Waals surface area contributed by atoms with Gasteiger partial charge < -0.3 is 10.8 Å². The van der Waals surface area contributed by atoms with Gasteiger partial charge in [-0.3, -0.25) is 4.79 Å². The number of carboxylic acids is 1. The monoisotopic (exact) mass is 247 g/mol. The van der Waals surface area contributed by atoms with Crippen molar-refractivity contribution in [1.82, 2.24) is 0 Å². The number of aliphatic carboxylic acids is 1. The van der Waals surface area contributed by atoms with Crippen molar-refractivity contribution in [3.63, 3.8) is 0 Å². The summed E-state index contributed by atoms with van der Waals surface area (Å²) in [6.45, 7) is 0. The lowest BCUT2D eigenvalue weighted by Crippen LogP contribution is -2.15. The number of halogens is 3. The molecule has 17 heavy (non-hydrogen) atoms. The highest BCUT2D eigenvalue weighted by atomic mass is 19.3. The molecule has 0 aliphatic heterocycles. The third kappa shape index (κ3) is 3.45. The topological polar surface area (TPSA) is 63.3 Å². The van der Waals surface area contributed by atoms with Crippen LogP contribution in [-0.2, 0) is 4.79 Å². The van der Waals surface area contributed by atoms with E-state index in [1.807, 2.05) is 0 Å². The molecule has 94 valence electrons. The molecule has 0 heterocycles. The number of hydrogen-bond acceptors (Lipinski definition) is 2. The Labute approximate surface area is 96.0 Å². The Morgan fingerprint density at radius 1 is 1.41 bits per heavy atom. The quantitative estimate of drug-likeness (QED) is 0.840. The summed E-state index contributed by atoms with van der Waals surface area (Å²) in [4.78, 5) is 10.3. The third-order valence-corrected chi connectivity index (χ3v) is 2.37. The summed E-state index contributed by atoms with van der Waals surface area (Å²) >= 11 is 0. The molecule has 0 radical (unpaired) electrons. The van der Waals surface area contributed by atoms with Crippen LogP contribution in [0.3, 0.4) is 0 Å². The second-order valence-electron chi connectivity index (χ2n) is 3.58. The highest BCUT2D eigenvalue weighted by Gasteiger charge is 2.21. The molecule has 3 N–H and O–H groups in total. The Morgan fingerprint density at radius 2 is 2.06 bits per heavy atom. The standard InChI is InChI=1S/C11H12F3NO2/c12-7-3-1-2-6(10(7)11(13)14)8(15)4-5-9(16)17/h1-3,8,11H,4-5,15H2,(H,16,17). The van der Waals surface area contributed by atoms with Gasteiger partial charge in [0.25, 0.3) is 6.43 Å². The van der Waals surface area contributed by atoms with Crippen LogP contribution in [0.2, 0.25) is 0 Å². The Balaban J connectivity index is 2.96. The lowest BCUT2D eigenvalue weighted by Gasteiger charge is -2.15. The molecule has 1 unspecified atom stereocenters. The van der Waals surface area contributed by atoms with E-state index < -0.39 is 29.8 Å². The van der Waals surface area contributed by atoms with Crippen LogP contribution >= 0.6 is 0 Å². The SMILES string of the molecule is NC(CCC(=O)O)c1cccc(F)c1C(F)F. The molecular formula is C11H12F3NO2. The molecule has 0 aromatic heterocycles. The van der Waals surface area contributed by atoms with Gasteiger partial charge in [-0.25, -0.2) is 13.2 Å². The highest BCUT2D eigenvalue weighted by Crippen LogP contribution is 2.30. The zero-order valence-corrected chi connectivity index (χ0v) is 8.87. The first-order valence-corrected chi connectivity index (χ1v) is 4.97. The van der Waals surface area contributed by atoms with Crippen molar-refractivity contribution in [1.29, 1.82) is 0 Å². The maximum Gasteiger partial charge on any atom is 0.303 e. The lowest BCUT2D eigenvalue weighted by molar-refractivity contribution is -0.137. The van der Waals surface area contributed by atoms with E-state index in [1.54, 1.807) is 0 Å². The molecule has 1 rings (SSSR count). The summed E-state index contributed by atoms with van der Waals surface area (Å²) < 4.78 is 38.5. The summed E-state index contributed by atoms with van der Waals surface area (Å²) in [5.41, 5.74) is 4.80. The van der Waals surface area contributed by atoms with Gasteiger partial charge >= 0.3 is 5.97 Å². The second kappa shape index (κ2) is 5.67. The number of nitrogens with two attached hydrogens (primary N) is 1. The van der Waals surface area contributed by atoms with Crippen molar-refractivity contribution < 1.29 is 23.1 Å². The fraction of sp³-hybridized carbons (Fsp3) is 0.364. The maximum absolute atomic E-state index is 13.2. The van der Waals surface area contributed by atoms with Gasteiger partial charge in [0.2, 0.25) is 0 Å². The van der Waals surface area contributed by atoms with Crippen LogP contribution < -0.4 is 5.73 Å². The van der Waals surface area contributed by atoms with Crippen molar-refractivity contribution in [2.24, 2.45) is 5.73 Å². The van der Waals surface area contributed by atoms with Crippen molar-refractivity contribution in [3.8, 4) is 0 Å². The highest BCUT2D eigenvalue weighted by molar-refractivity contribution is 5.66. The number of benzene rings is 1. The number of carboxylic acid groups (broad SMARTS) is 1. The normalized spacial score (nSPS) is 12.8. The average Bonchev–Trinajstić information content (AvgIpc) is 2.24. The van der Waals surface area contributed by atoms with E-state index >= 15 is 0 Å². The lowest BCUT2D eigenvalue weighted by atomic mass is 9.97. The summed E-state index contributed by atoms with van der Waals surface area (Å²) in [6.07, 6.45) is -3.24. The maximum atomic E-state index is 13.2. The zero-order valence-electron chi connectivity index (χ0n) is 8.87. The van der Waals surface area contributed by atoms with Gasteiger partial charge in [-0.05, 0) is 18.1 Å². The van der Waals surface area contributed by atoms with Crippen molar-refractivity contribution in [3.05, 3.63) is 35.1 Å². The van der Waals surface area contributed by atoms with Gasteiger partial charge in [-0.1, -0.05) is 12.1 Å². The minimum absolute atomic E-state index is 0.0154. The van der Waals surface area contributed by atoms with Gasteiger partial charge in [0.05, 0.1) is 5.56 Å². The van der Waals surface area contributed by atoms with Crippen LogP contribution in [0.4, 0.5) is 13.2 Å². The Morgan fingerprint density at radius 3 is 2.59 bits per heavy atom. The molecule has 0 aliphatic rings. The van der Waals surface area contributed by atoms with Crippen LogP contribution in [0.15, 0.2) is 18.2 Å². The fourth-order valence-electron chi connectivity index (χ4n) is 1.54. The Bertz CT molecular complexity index is 410. The smallest absolute Gasteiger partial charge is 0.303 e. The van der Waals surface area contributed by atoms with Crippen molar-refractivity contribution in [2.75, 3.05) is 0 Å². The molecule has 1 aromatic carbocycles. The number of carbonyl (C=O) groups is 1. The van der Waals surface area contributed by atoms with E-state index in [0.29, 0.717) is 0 Å². The van der Waals surface area contributed by atoms with Crippen LogP contribution in [0.1, 0.15) is 36.4 Å². The molecule has 0 fully saturated rings. The summed E-state index contributed by atoms with van der Waals surface area (Å²) in [5, 5.41) is 8.46. The molecule has 0 bridgehead atoms. The van der Waals surface area contributed by atoms with Crippen LogP contribution in [0, 0.1) is 5.82 Å². The molecule has 0 amide bonds. The number of rotatable bonds is 5. The molecule has 0 spiro atoms. The van der Waals surface area contributed by atoms with E-state index in [2.05, 4.69) is 0 Å². The first-order chi connectivity index (χ1) is 7.93. The van der Waals surface area contributed by atoms with Crippen LogP contribution in [-0.4, -0.2) is 11.1 Å².